The van der Waals surface area contributed by atoms with Crippen LogP contribution in [0, 0.1) is 0 Å². The number of hydrogen-bond donors (Lipinski definition) is 9. The minimum atomic E-state index is -1.72. The van der Waals surface area contributed by atoms with Gasteiger partial charge in [-0.2, -0.15) is 0 Å². The average Bonchev–Trinajstić information content (AvgIpc) is 2.75. The highest BCUT2D eigenvalue weighted by molar-refractivity contribution is 5.59. The molecule has 0 radical (unpaired) electrons. The zero-order chi connectivity index (χ0) is 23.3. The van der Waals surface area contributed by atoms with Gasteiger partial charge in [-0.1, -0.05) is 6.07 Å². The zero-order valence-corrected chi connectivity index (χ0v) is 16.6. The fourth-order valence-electron chi connectivity index (χ4n) is 4.17. The van der Waals surface area contributed by atoms with Crippen molar-refractivity contribution in [2.24, 2.45) is 0 Å². The van der Waals surface area contributed by atoms with Gasteiger partial charge in [0.15, 0.2) is 11.5 Å². The number of ether oxygens (including phenoxy) is 2. The Morgan fingerprint density at radius 1 is 0.781 bits per heavy atom. The average molecular weight is 452 g/mol. The van der Waals surface area contributed by atoms with Gasteiger partial charge in [0.25, 0.3) is 0 Å². The molecular formula is C21H24O11. The molecule has 174 valence electrons. The SMILES string of the molecule is OCC1OC(c2c(O)cc(O)c3c2O[C@@H](c2ccc(O)c(O)c2)C(O)C3)C(O)C(O)C1O. The van der Waals surface area contributed by atoms with Gasteiger partial charge in [0.2, 0.25) is 0 Å². The lowest BCUT2D eigenvalue weighted by Crippen LogP contribution is -2.55. The van der Waals surface area contributed by atoms with E-state index in [4.69, 9.17) is 9.47 Å². The van der Waals surface area contributed by atoms with Crippen LogP contribution in [0.1, 0.15) is 28.9 Å². The molecule has 0 bridgehead atoms. The Bertz CT molecular complexity index is 1010. The fraction of sp³-hybridized carbons (Fsp3) is 0.429. The summed E-state index contributed by atoms with van der Waals surface area (Å²) >= 11 is 0. The molecule has 2 heterocycles. The summed E-state index contributed by atoms with van der Waals surface area (Å²) in [6.07, 6.45) is -10.2. The molecule has 0 aliphatic carbocycles. The Kier molecular flexibility index (Phi) is 5.79. The minimum Gasteiger partial charge on any atom is -0.507 e. The van der Waals surface area contributed by atoms with Gasteiger partial charge in [0.1, 0.15) is 53.9 Å². The quantitative estimate of drug-likeness (QED) is 0.260. The van der Waals surface area contributed by atoms with Crippen LogP contribution in [-0.4, -0.2) is 83.1 Å². The van der Waals surface area contributed by atoms with Gasteiger partial charge >= 0.3 is 0 Å². The molecule has 0 amide bonds. The van der Waals surface area contributed by atoms with Crippen LogP contribution >= 0.6 is 0 Å². The summed E-state index contributed by atoms with van der Waals surface area (Å²) in [5.41, 5.74) is 0.220. The number of rotatable bonds is 3. The standard InChI is InChI=1S/C21H24O11/c22-6-14-16(28)17(29)18(30)21(31-14)15-12(26)5-10(24)8-4-13(27)19(32-20(8)15)7-1-2-9(23)11(25)3-7/h1-3,5,13-14,16-19,21-30H,4,6H2/t13?,14?,16?,17?,18?,19-,21?/m0/s1. The number of aliphatic hydroxyl groups is 5. The van der Waals surface area contributed by atoms with Crippen LogP contribution in [0.4, 0.5) is 0 Å². The van der Waals surface area contributed by atoms with Crippen molar-refractivity contribution in [3.8, 4) is 28.7 Å². The number of benzene rings is 2. The Morgan fingerprint density at radius 3 is 2.16 bits per heavy atom. The van der Waals surface area contributed by atoms with E-state index in [1.54, 1.807) is 0 Å². The normalized spacial score (nSPS) is 32.2. The number of hydrogen-bond acceptors (Lipinski definition) is 11. The summed E-state index contributed by atoms with van der Waals surface area (Å²) in [4.78, 5) is 0. The highest BCUT2D eigenvalue weighted by atomic mass is 16.5. The molecular weight excluding hydrogens is 428 g/mol. The van der Waals surface area contributed by atoms with Gasteiger partial charge < -0.3 is 55.4 Å². The second-order valence-electron chi connectivity index (χ2n) is 7.94. The van der Waals surface area contributed by atoms with E-state index in [1.807, 2.05) is 0 Å². The molecule has 11 heteroatoms. The fourth-order valence-corrected chi connectivity index (χ4v) is 4.17. The number of aromatic hydroxyl groups is 4. The highest BCUT2D eigenvalue weighted by Gasteiger charge is 2.47. The summed E-state index contributed by atoms with van der Waals surface area (Å²) < 4.78 is 11.4. The zero-order valence-electron chi connectivity index (χ0n) is 16.6. The van der Waals surface area contributed by atoms with Gasteiger partial charge in [0.05, 0.1) is 18.3 Å². The van der Waals surface area contributed by atoms with Crippen molar-refractivity contribution in [2.75, 3.05) is 6.61 Å². The van der Waals surface area contributed by atoms with Crippen molar-refractivity contribution in [3.05, 3.63) is 41.0 Å². The number of phenols is 4. The molecule has 0 aromatic heterocycles. The van der Waals surface area contributed by atoms with Crippen molar-refractivity contribution in [1.29, 1.82) is 0 Å². The molecule has 1 saturated heterocycles. The van der Waals surface area contributed by atoms with Crippen LogP contribution in [0.3, 0.4) is 0 Å². The lowest BCUT2D eigenvalue weighted by molar-refractivity contribution is -0.232. The second-order valence-corrected chi connectivity index (χ2v) is 7.94. The van der Waals surface area contributed by atoms with E-state index in [1.165, 1.54) is 18.2 Å². The van der Waals surface area contributed by atoms with E-state index in [-0.39, 0.29) is 34.6 Å². The van der Waals surface area contributed by atoms with Gasteiger partial charge in [-0.25, -0.2) is 0 Å². The number of fused-ring (bicyclic) bond motifs is 1. The first kappa shape index (κ1) is 22.4. The van der Waals surface area contributed by atoms with Gasteiger partial charge in [-0.3, -0.25) is 0 Å². The van der Waals surface area contributed by atoms with E-state index in [2.05, 4.69) is 0 Å². The second kappa shape index (κ2) is 8.28. The number of phenolic OH excluding ortho intramolecular Hbond substituents is 4. The van der Waals surface area contributed by atoms with Crippen LogP contribution in [-0.2, 0) is 11.2 Å². The Morgan fingerprint density at radius 2 is 1.50 bits per heavy atom. The van der Waals surface area contributed by atoms with Gasteiger partial charge in [0, 0.05) is 18.1 Å². The van der Waals surface area contributed by atoms with Crippen molar-refractivity contribution in [1.82, 2.24) is 0 Å². The summed E-state index contributed by atoms with van der Waals surface area (Å²) in [5.74, 6) is -1.89. The maximum Gasteiger partial charge on any atom is 0.157 e. The minimum absolute atomic E-state index is 0.0986. The molecule has 6 unspecified atom stereocenters. The third-order valence-electron chi connectivity index (χ3n) is 5.89. The largest absolute Gasteiger partial charge is 0.507 e. The predicted molar refractivity (Wildman–Crippen MR) is 105 cm³/mol. The topological polar surface area (TPSA) is 201 Å². The summed E-state index contributed by atoms with van der Waals surface area (Å²) in [7, 11) is 0. The van der Waals surface area contributed by atoms with Crippen molar-refractivity contribution in [2.45, 2.75) is 49.1 Å². The first-order valence-electron chi connectivity index (χ1n) is 9.88. The van der Waals surface area contributed by atoms with Crippen molar-refractivity contribution >= 4 is 0 Å². The molecule has 32 heavy (non-hydrogen) atoms. The van der Waals surface area contributed by atoms with Crippen LogP contribution in [0.5, 0.6) is 28.7 Å². The van der Waals surface area contributed by atoms with E-state index >= 15 is 0 Å². The van der Waals surface area contributed by atoms with Crippen LogP contribution in [0.2, 0.25) is 0 Å². The van der Waals surface area contributed by atoms with E-state index in [9.17, 15) is 46.0 Å². The lowest BCUT2D eigenvalue weighted by atomic mass is 9.86. The first-order chi connectivity index (χ1) is 15.1. The Hall–Kier alpha value is -2.80. The molecule has 11 nitrogen and oxygen atoms in total. The lowest BCUT2D eigenvalue weighted by Gasteiger charge is -2.42. The summed E-state index contributed by atoms with van der Waals surface area (Å²) in [5, 5.41) is 91.0. The Labute approximate surface area is 181 Å². The molecule has 0 saturated carbocycles. The molecule has 2 aromatic carbocycles. The molecule has 7 atom stereocenters. The van der Waals surface area contributed by atoms with Crippen LogP contribution in [0.25, 0.3) is 0 Å². The van der Waals surface area contributed by atoms with Crippen LogP contribution in [0.15, 0.2) is 24.3 Å². The molecule has 2 aliphatic rings. The van der Waals surface area contributed by atoms with Gasteiger partial charge in [-0.05, 0) is 17.7 Å². The Balaban J connectivity index is 1.80. The molecule has 4 rings (SSSR count). The monoisotopic (exact) mass is 452 g/mol. The molecule has 0 spiro atoms. The molecule has 2 aliphatic heterocycles. The summed E-state index contributed by atoms with van der Waals surface area (Å²) in [6, 6.07) is 4.77. The van der Waals surface area contributed by atoms with Crippen LogP contribution < -0.4 is 4.74 Å². The third kappa shape index (κ3) is 3.58. The first-order valence-corrected chi connectivity index (χ1v) is 9.88. The molecule has 9 N–H and O–H groups in total. The maximum absolute atomic E-state index is 10.6. The van der Waals surface area contributed by atoms with E-state index < -0.39 is 66.6 Å². The van der Waals surface area contributed by atoms with Gasteiger partial charge in [-0.15, -0.1) is 0 Å². The molecule has 2 aromatic rings. The number of aliphatic hydroxyl groups excluding tert-OH is 5. The van der Waals surface area contributed by atoms with E-state index in [0.717, 1.165) is 6.07 Å². The van der Waals surface area contributed by atoms with E-state index in [0.29, 0.717) is 0 Å². The molecule has 1 fully saturated rings. The summed E-state index contributed by atoms with van der Waals surface area (Å²) in [6.45, 7) is -0.683. The van der Waals surface area contributed by atoms with Crippen molar-refractivity contribution in [3.63, 3.8) is 0 Å². The highest BCUT2D eigenvalue weighted by Crippen LogP contribution is 2.50. The smallest absolute Gasteiger partial charge is 0.157 e. The maximum atomic E-state index is 10.6. The predicted octanol–water partition coefficient (Wildman–Crippen LogP) is -0.939. The van der Waals surface area contributed by atoms with Crippen molar-refractivity contribution < 1.29 is 55.4 Å². The third-order valence-corrected chi connectivity index (χ3v) is 5.89.